The number of allylic oxidation sites excluding steroid dienone is 2. The van der Waals surface area contributed by atoms with Crippen LogP contribution in [0.4, 0.5) is 0 Å². The molecule has 1 unspecified atom stereocenters. The molecule has 0 radical (unpaired) electrons. The van der Waals surface area contributed by atoms with Gasteiger partial charge in [-0.3, -0.25) is 9.35 Å². The van der Waals surface area contributed by atoms with Crippen molar-refractivity contribution in [1.82, 2.24) is 0 Å². The maximum atomic E-state index is 11.1. The van der Waals surface area contributed by atoms with Crippen molar-refractivity contribution in [2.24, 2.45) is 5.92 Å². The van der Waals surface area contributed by atoms with Gasteiger partial charge in [-0.2, -0.15) is 8.42 Å². The fraction of sp³-hybridized carbons (Fsp3) is 0.640. The van der Waals surface area contributed by atoms with E-state index in [-0.39, 0.29) is 40.2 Å². The molecule has 0 heterocycles. The minimum atomic E-state index is -4.17. The predicted octanol–water partition coefficient (Wildman–Crippen LogP) is 6.13. The number of ketones is 1. The molecule has 0 aliphatic heterocycles. The number of carbonyl (C=O) groups is 1. The van der Waals surface area contributed by atoms with E-state index in [0.29, 0.717) is 11.7 Å². The van der Waals surface area contributed by atoms with Crippen LogP contribution in [-0.2, 0) is 14.9 Å². The van der Waals surface area contributed by atoms with Gasteiger partial charge in [-0.25, -0.2) is 0 Å². The first-order chi connectivity index (χ1) is 14.9. The van der Waals surface area contributed by atoms with Crippen LogP contribution < -0.4 is 4.74 Å². The first-order valence-corrected chi connectivity index (χ1v) is 13.1. The molecule has 1 atom stereocenters. The number of rotatable bonds is 14. The molecule has 2 rings (SSSR count). The first kappa shape index (κ1) is 31.3. The Hall–Kier alpha value is -0.660. The third-order valence-electron chi connectivity index (χ3n) is 5.61. The number of hydrogen-bond acceptors (Lipinski definition) is 4. The van der Waals surface area contributed by atoms with Gasteiger partial charge in [0.15, 0.2) is 0 Å². The van der Waals surface area contributed by atoms with Crippen LogP contribution in [0.1, 0.15) is 90.4 Å². The molecule has 5 nitrogen and oxygen atoms in total. The summed E-state index contributed by atoms with van der Waals surface area (Å²) in [6, 6.07) is 5.86. The van der Waals surface area contributed by atoms with E-state index >= 15 is 0 Å². The summed E-state index contributed by atoms with van der Waals surface area (Å²) in [5, 5.41) is 0. The summed E-state index contributed by atoms with van der Waals surface area (Å²) in [7, 11) is -2.83. The summed E-state index contributed by atoms with van der Waals surface area (Å²) >= 11 is 0. The summed E-state index contributed by atoms with van der Waals surface area (Å²) in [6.45, 7) is 2.27. The van der Waals surface area contributed by atoms with E-state index in [2.05, 4.69) is 19.1 Å². The van der Waals surface area contributed by atoms with E-state index in [4.69, 9.17) is 9.29 Å². The number of Topliss-reactive ketones (excluding diaryl/α,β-unsaturated/α-hetero) is 1. The molecule has 0 amide bonds. The average Bonchev–Trinajstić information content (AvgIpc) is 2.75. The molecule has 32 heavy (non-hydrogen) atoms. The van der Waals surface area contributed by atoms with Gasteiger partial charge in [0.05, 0.1) is 7.11 Å². The molecular weight excluding hydrogens is 435 g/mol. The zero-order valence-electron chi connectivity index (χ0n) is 19.2. The molecule has 0 spiro atoms. The Balaban J connectivity index is 0.000000639. The van der Waals surface area contributed by atoms with E-state index in [1.54, 1.807) is 6.07 Å². The molecule has 1 aliphatic carbocycles. The quantitative estimate of drug-likeness (QED) is 0.151. The first-order valence-electron chi connectivity index (χ1n) is 11.7. The van der Waals surface area contributed by atoms with Crippen LogP contribution in [0.3, 0.4) is 0 Å². The normalized spacial score (nSPS) is 15.5. The van der Waals surface area contributed by atoms with Gasteiger partial charge >= 0.3 is 29.6 Å². The Morgan fingerprint density at radius 1 is 1.00 bits per heavy atom. The molecule has 0 aromatic heterocycles. The van der Waals surface area contributed by atoms with Gasteiger partial charge in [-0.15, -0.1) is 0 Å². The number of methoxy groups -OCH3 is 1. The van der Waals surface area contributed by atoms with Crippen LogP contribution in [0.25, 0.3) is 0 Å². The molecule has 1 fully saturated rings. The van der Waals surface area contributed by atoms with Crippen molar-refractivity contribution in [3.63, 3.8) is 0 Å². The SMILES string of the molecule is CCCCCCCC/C=C\CCCCC1CCC1=O.COc1ccccc1S(=O)(=O)O.[NaH]. The average molecular weight is 477 g/mol. The van der Waals surface area contributed by atoms with Crippen molar-refractivity contribution in [2.75, 3.05) is 7.11 Å². The van der Waals surface area contributed by atoms with Crippen molar-refractivity contribution in [3.8, 4) is 5.75 Å². The van der Waals surface area contributed by atoms with Crippen LogP contribution in [-0.4, -0.2) is 55.4 Å². The van der Waals surface area contributed by atoms with Crippen LogP contribution in [0.5, 0.6) is 5.75 Å². The van der Waals surface area contributed by atoms with Crippen LogP contribution in [0.15, 0.2) is 41.3 Å². The number of carbonyl (C=O) groups excluding carboxylic acids is 1. The molecule has 1 aromatic carbocycles. The number of benzene rings is 1. The van der Waals surface area contributed by atoms with Gasteiger partial charge in [0.25, 0.3) is 10.1 Å². The third kappa shape index (κ3) is 13.8. The summed E-state index contributed by atoms with van der Waals surface area (Å²) < 4.78 is 34.8. The van der Waals surface area contributed by atoms with Gasteiger partial charge < -0.3 is 4.74 Å². The van der Waals surface area contributed by atoms with E-state index in [9.17, 15) is 13.2 Å². The number of unbranched alkanes of at least 4 members (excludes halogenated alkanes) is 8. The monoisotopic (exact) mass is 476 g/mol. The molecule has 178 valence electrons. The zero-order valence-corrected chi connectivity index (χ0v) is 20.0. The van der Waals surface area contributed by atoms with E-state index in [0.717, 1.165) is 19.3 Å². The van der Waals surface area contributed by atoms with Gasteiger partial charge in [0.1, 0.15) is 16.4 Å². The van der Waals surface area contributed by atoms with Crippen molar-refractivity contribution >= 4 is 45.5 Å². The number of para-hydroxylation sites is 1. The third-order valence-corrected chi connectivity index (χ3v) is 6.50. The molecule has 1 aromatic rings. The summed E-state index contributed by atoms with van der Waals surface area (Å²) in [6.07, 6.45) is 21.1. The van der Waals surface area contributed by atoms with Gasteiger partial charge in [-0.05, 0) is 50.7 Å². The van der Waals surface area contributed by atoms with Crippen LogP contribution in [0, 0.1) is 5.92 Å². The Kier molecular flexibility index (Phi) is 18.3. The molecule has 7 heteroatoms. The number of ether oxygens (including phenoxy) is 1. The molecule has 0 saturated heterocycles. The Morgan fingerprint density at radius 2 is 1.59 bits per heavy atom. The second-order valence-electron chi connectivity index (χ2n) is 8.14. The molecular formula is C25H41NaO5S. The fourth-order valence-corrected chi connectivity index (χ4v) is 4.19. The second-order valence-corrected chi connectivity index (χ2v) is 9.53. The van der Waals surface area contributed by atoms with E-state index in [1.165, 1.54) is 89.5 Å². The van der Waals surface area contributed by atoms with E-state index in [1.807, 2.05) is 0 Å². The fourth-order valence-electron chi connectivity index (χ4n) is 3.53. The van der Waals surface area contributed by atoms with Gasteiger partial charge in [-0.1, -0.05) is 69.7 Å². The molecule has 1 N–H and O–H groups in total. The molecule has 0 bridgehead atoms. The predicted molar refractivity (Wildman–Crippen MR) is 133 cm³/mol. The van der Waals surface area contributed by atoms with Crippen molar-refractivity contribution < 1.29 is 22.5 Å². The summed E-state index contributed by atoms with van der Waals surface area (Å²) in [4.78, 5) is 10.9. The van der Waals surface area contributed by atoms with Crippen molar-refractivity contribution in [1.29, 1.82) is 0 Å². The summed E-state index contributed by atoms with van der Waals surface area (Å²) in [5.41, 5.74) is 0. The van der Waals surface area contributed by atoms with Crippen molar-refractivity contribution in [3.05, 3.63) is 36.4 Å². The van der Waals surface area contributed by atoms with Crippen LogP contribution >= 0.6 is 0 Å². The molecule has 1 saturated carbocycles. The van der Waals surface area contributed by atoms with E-state index < -0.39 is 10.1 Å². The Labute approximate surface area is 217 Å². The van der Waals surface area contributed by atoms with Gasteiger partial charge in [0, 0.05) is 12.3 Å². The Bertz CT molecular complexity index is 761. The number of hydrogen-bond donors (Lipinski definition) is 1. The topological polar surface area (TPSA) is 80.7 Å². The zero-order chi connectivity index (χ0) is 23.0. The summed E-state index contributed by atoms with van der Waals surface area (Å²) in [5.74, 6) is 1.09. The standard InChI is InChI=1S/C18H32O.C7H8O4S.Na.H/c1-2-3-4-5-6-7-8-9-10-11-12-13-14-17-15-16-18(17)19;1-11-6-4-2-3-5-7(6)12(8,9)10;;/h9-10,17H,2-8,11-16H2,1H3;2-5H,1H3,(H,8,9,10);;/b10-9-;;;. The van der Waals surface area contributed by atoms with Crippen LogP contribution in [0.2, 0.25) is 0 Å². The van der Waals surface area contributed by atoms with Crippen molar-refractivity contribution in [2.45, 2.75) is 95.3 Å². The van der Waals surface area contributed by atoms with Gasteiger partial charge in [0.2, 0.25) is 0 Å². The Morgan fingerprint density at radius 3 is 2.09 bits per heavy atom. The molecule has 1 aliphatic rings. The second kappa shape index (κ2) is 18.7. The maximum absolute atomic E-state index is 11.1. The minimum absolute atomic E-state index is 0.